The van der Waals surface area contributed by atoms with Crippen molar-refractivity contribution in [2.75, 3.05) is 19.6 Å². The molecule has 0 atom stereocenters. The average Bonchev–Trinajstić information content (AvgIpc) is 2.85. The number of hydrogen-bond donors (Lipinski definition) is 1. The maximum Gasteiger partial charge on any atom is 0.162 e. The van der Waals surface area contributed by atoms with Crippen LogP contribution in [-0.2, 0) is 5.60 Å². The zero-order valence-corrected chi connectivity index (χ0v) is 18.6. The Morgan fingerprint density at radius 2 is 1.36 bits per heavy atom. The number of likely N-dealkylation sites (tertiary alicyclic amines) is 1. The van der Waals surface area contributed by atoms with Gasteiger partial charge < -0.3 is 10.0 Å². The van der Waals surface area contributed by atoms with E-state index in [1.54, 1.807) is 24.3 Å². The van der Waals surface area contributed by atoms with Crippen LogP contribution < -0.4 is 0 Å². The van der Waals surface area contributed by atoms with Gasteiger partial charge in [0.1, 0.15) is 17.2 Å². The molecule has 0 aliphatic carbocycles. The first-order valence-electron chi connectivity index (χ1n) is 11.5. The minimum atomic E-state index is -1.32. The Morgan fingerprint density at radius 3 is 1.88 bits per heavy atom. The van der Waals surface area contributed by atoms with Crippen molar-refractivity contribution in [2.45, 2.75) is 31.3 Å². The van der Waals surface area contributed by atoms with Crippen LogP contribution in [0.2, 0.25) is 0 Å². The molecule has 0 bridgehead atoms. The summed E-state index contributed by atoms with van der Waals surface area (Å²) in [6.45, 7) is 2.43. The number of halogens is 2. The van der Waals surface area contributed by atoms with Gasteiger partial charge in [-0.05, 0) is 80.2 Å². The third-order valence-corrected chi connectivity index (χ3v) is 6.72. The Hall–Kier alpha value is -2.89. The molecule has 1 aliphatic heterocycles. The molecule has 33 heavy (non-hydrogen) atoms. The van der Waals surface area contributed by atoms with E-state index in [2.05, 4.69) is 4.90 Å². The third kappa shape index (κ3) is 5.37. The lowest BCUT2D eigenvalue weighted by Gasteiger charge is -2.42. The predicted molar refractivity (Wildman–Crippen MR) is 125 cm³/mol. The molecule has 172 valence electrons. The average molecular weight is 450 g/mol. The second kappa shape index (κ2) is 10.4. The van der Waals surface area contributed by atoms with E-state index >= 15 is 0 Å². The molecule has 0 radical (unpaired) electrons. The van der Waals surface area contributed by atoms with Gasteiger partial charge in [-0.1, -0.05) is 54.6 Å². The van der Waals surface area contributed by atoms with Crippen LogP contribution in [-0.4, -0.2) is 35.4 Å². The number of Topliss-reactive ketones (excluding diaryl/α,β-unsaturated/α-hetero) is 1. The standard InChI is InChI=1S/C28H29F2NO2/c29-25-12-8-22(9-13-25)28(33,23-10-14-26(30)15-11-23)24-16-19-31(20-17-24)18-4-7-27(32)21-5-2-1-3-6-21/h1-3,5-6,8-15,24,33H,4,7,16-20H2. The summed E-state index contributed by atoms with van der Waals surface area (Å²) in [7, 11) is 0. The van der Waals surface area contributed by atoms with Gasteiger partial charge in [0.2, 0.25) is 0 Å². The van der Waals surface area contributed by atoms with Gasteiger partial charge in [0.15, 0.2) is 5.78 Å². The van der Waals surface area contributed by atoms with Gasteiger partial charge in [0.05, 0.1) is 0 Å². The molecule has 4 rings (SSSR count). The summed E-state index contributed by atoms with van der Waals surface area (Å²) in [4.78, 5) is 14.7. The summed E-state index contributed by atoms with van der Waals surface area (Å²) in [5.74, 6) is -0.650. The van der Waals surface area contributed by atoms with Crippen molar-refractivity contribution >= 4 is 5.78 Å². The van der Waals surface area contributed by atoms with Crippen LogP contribution in [0.1, 0.15) is 47.2 Å². The molecule has 0 saturated carbocycles. The lowest BCUT2D eigenvalue weighted by atomic mass is 9.72. The summed E-state index contributed by atoms with van der Waals surface area (Å²) >= 11 is 0. The summed E-state index contributed by atoms with van der Waals surface area (Å²) in [6.07, 6.45) is 2.80. The zero-order chi connectivity index (χ0) is 23.3. The second-order valence-electron chi connectivity index (χ2n) is 8.79. The van der Waals surface area contributed by atoms with Crippen LogP contribution in [0.5, 0.6) is 0 Å². The molecule has 1 saturated heterocycles. The topological polar surface area (TPSA) is 40.5 Å². The number of carbonyl (C=O) groups is 1. The maximum atomic E-state index is 13.5. The summed E-state index contributed by atoms with van der Waals surface area (Å²) in [6, 6.07) is 21.2. The Morgan fingerprint density at radius 1 is 0.848 bits per heavy atom. The molecule has 1 heterocycles. The molecule has 0 unspecified atom stereocenters. The van der Waals surface area contributed by atoms with E-state index in [0.29, 0.717) is 17.5 Å². The van der Waals surface area contributed by atoms with Crippen molar-refractivity contribution in [3.63, 3.8) is 0 Å². The number of carbonyl (C=O) groups excluding carboxylic acids is 1. The van der Waals surface area contributed by atoms with Crippen LogP contribution in [0, 0.1) is 17.6 Å². The van der Waals surface area contributed by atoms with Crippen molar-refractivity contribution in [3.05, 3.63) is 107 Å². The van der Waals surface area contributed by atoms with E-state index in [9.17, 15) is 18.7 Å². The highest BCUT2D eigenvalue weighted by Crippen LogP contribution is 2.42. The van der Waals surface area contributed by atoms with Gasteiger partial charge in [0, 0.05) is 12.0 Å². The van der Waals surface area contributed by atoms with Crippen LogP contribution in [0.3, 0.4) is 0 Å². The van der Waals surface area contributed by atoms with Gasteiger partial charge in [0.25, 0.3) is 0 Å². The molecule has 0 aromatic heterocycles. The first kappa shape index (κ1) is 23.3. The SMILES string of the molecule is O=C(CCCN1CCC(C(O)(c2ccc(F)cc2)c2ccc(F)cc2)CC1)c1ccccc1. The molecular formula is C28H29F2NO2. The highest BCUT2D eigenvalue weighted by Gasteiger charge is 2.41. The van der Waals surface area contributed by atoms with Gasteiger partial charge in [-0.3, -0.25) is 4.79 Å². The largest absolute Gasteiger partial charge is 0.380 e. The number of piperidine rings is 1. The quantitative estimate of drug-likeness (QED) is 0.457. The smallest absolute Gasteiger partial charge is 0.162 e. The fourth-order valence-electron chi connectivity index (χ4n) is 4.85. The van der Waals surface area contributed by atoms with E-state index in [-0.39, 0.29) is 23.3 Å². The normalized spacial score (nSPS) is 15.5. The second-order valence-corrected chi connectivity index (χ2v) is 8.79. The Labute approximate surface area is 193 Å². The molecular weight excluding hydrogens is 420 g/mol. The summed E-state index contributed by atoms with van der Waals surface area (Å²) < 4.78 is 27.1. The van der Waals surface area contributed by atoms with E-state index in [0.717, 1.165) is 44.5 Å². The fraction of sp³-hybridized carbons (Fsp3) is 0.321. The third-order valence-electron chi connectivity index (χ3n) is 6.72. The molecule has 1 fully saturated rings. The molecule has 0 spiro atoms. The minimum absolute atomic E-state index is 0.0874. The number of benzene rings is 3. The highest BCUT2D eigenvalue weighted by atomic mass is 19.1. The molecule has 3 aromatic rings. The van der Waals surface area contributed by atoms with Gasteiger partial charge in [-0.25, -0.2) is 8.78 Å². The monoisotopic (exact) mass is 449 g/mol. The highest BCUT2D eigenvalue weighted by molar-refractivity contribution is 5.95. The van der Waals surface area contributed by atoms with Crippen molar-refractivity contribution in [1.29, 1.82) is 0 Å². The predicted octanol–water partition coefficient (Wildman–Crippen LogP) is 5.58. The van der Waals surface area contributed by atoms with Crippen LogP contribution in [0.4, 0.5) is 8.78 Å². The molecule has 0 amide bonds. The minimum Gasteiger partial charge on any atom is -0.380 e. The lowest BCUT2D eigenvalue weighted by molar-refractivity contribution is -0.0143. The number of rotatable bonds is 8. The maximum absolute atomic E-state index is 13.5. The molecule has 3 aromatic carbocycles. The Bertz CT molecular complexity index is 998. The first-order valence-corrected chi connectivity index (χ1v) is 11.5. The number of aliphatic hydroxyl groups is 1. The van der Waals surface area contributed by atoms with Crippen molar-refractivity contribution < 1.29 is 18.7 Å². The molecule has 1 N–H and O–H groups in total. The van der Waals surface area contributed by atoms with E-state index in [4.69, 9.17) is 0 Å². The van der Waals surface area contributed by atoms with Gasteiger partial charge in [-0.2, -0.15) is 0 Å². The number of hydrogen-bond acceptors (Lipinski definition) is 3. The molecule has 3 nitrogen and oxygen atoms in total. The Balaban J connectivity index is 1.40. The van der Waals surface area contributed by atoms with Crippen LogP contribution >= 0.6 is 0 Å². The number of ketones is 1. The van der Waals surface area contributed by atoms with Crippen LogP contribution in [0.15, 0.2) is 78.9 Å². The van der Waals surface area contributed by atoms with Gasteiger partial charge in [-0.15, -0.1) is 0 Å². The van der Waals surface area contributed by atoms with E-state index in [1.165, 1.54) is 24.3 Å². The van der Waals surface area contributed by atoms with E-state index in [1.807, 2.05) is 30.3 Å². The van der Waals surface area contributed by atoms with Crippen LogP contribution in [0.25, 0.3) is 0 Å². The van der Waals surface area contributed by atoms with Crippen molar-refractivity contribution in [2.24, 2.45) is 5.92 Å². The zero-order valence-electron chi connectivity index (χ0n) is 18.6. The Kier molecular flexibility index (Phi) is 7.31. The summed E-state index contributed by atoms with van der Waals surface area (Å²) in [5.41, 5.74) is 0.654. The fourth-order valence-corrected chi connectivity index (χ4v) is 4.85. The number of nitrogens with zero attached hydrogens (tertiary/aromatic N) is 1. The molecule has 1 aliphatic rings. The first-order chi connectivity index (χ1) is 16.0. The van der Waals surface area contributed by atoms with E-state index < -0.39 is 5.60 Å². The summed E-state index contributed by atoms with van der Waals surface area (Å²) in [5, 5.41) is 11.9. The molecule has 5 heteroatoms. The van der Waals surface area contributed by atoms with Gasteiger partial charge >= 0.3 is 0 Å². The lowest BCUT2D eigenvalue weighted by Crippen LogP contribution is -2.44. The van der Waals surface area contributed by atoms with Crippen molar-refractivity contribution in [1.82, 2.24) is 4.90 Å². The van der Waals surface area contributed by atoms with Crippen molar-refractivity contribution in [3.8, 4) is 0 Å².